The number of nitrogens with zero attached hydrogens (tertiary/aromatic N) is 2. The average molecular weight is 877 g/mol. The van der Waals surface area contributed by atoms with Crippen LogP contribution in [0.3, 0.4) is 0 Å². The van der Waals surface area contributed by atoms with Crippen LogP contribution in [0.2, 0.25) is 0 Å². The highest BCUT2D eigenvalue weighted by atomic mass is 15.0. The van der Waals surface area contributed by atoms with E-state index >= 15 is 0 Å². The van der Waals surface area contributed by atoms with Crippen LogP contribution in [0.25, 0.3) is 99.5 Å². The third-order valence-corrected chi connectivity index (χ3v) is 14.8. The fraction of sp³-hybridized carbons (Fsp3) is 0.0149. The van der Waals surface area contributed by atoms with Crippen LogP contribution < -0.4 is 0 Å². The molecule has 0 fully saturated rings. The minimum atomic E-state index is -0.438. The highest BCUT2D eigenvalue weighted by Gasteiger charge is 2.46. The number of fused-ring (bicyclic) bond motifs is 9. The molecule has 2 nitrogen and oxygen atoms in total. The third-order valence-electron chi connectivity index (χ3n) is 14.8. The standard InChI is InChI=1S/C67H44N2/c1-4-17-45(18-5-1)47-19-16-24-54(41-47)69-64-30-15-12-27-58(64)60-43-49(35-40-66(60)69)48-34-39-65-59(42-48)57-26-11-14-29-63(57)68(65)53-36-31-46(32-37-53)50-33-38-56-55-25-10-13-28-61(55)67(62(56)44-50,51-20-6-2-7-21-51)52-22-8-3-9-23-52/h1-44H. The largest absolute Gasteiger partial charge is 0.309 e. The van der Waals surface area contributed by atoms with E-state index in [1.54, 1.807) is 0 Å². The van der Waals surface area contributed by atoms with Crippen molar-refractivity contribution in [3.05, 3.63) is 289 Å². The minimum Gasteiger partial charge on any atom is -0.309 e. The molecule has 0 aliphatic heterocycles. The molecule has 1 aliphatic rings. The summed E-state index contributed by atoms with van der Waals surface area (Å²) in [5.41, 5.74) is 21.6. The molecule has 1 aliphatic carbocycles. The Balaban J connectivity index is 0.853. The monoisotopic (exact) mass is 876 g/mol. The molecule has 322 valence electrons. The summed E-state index contributed by atoms with van der Waals surface area (Å²) in [6, 6.07) is 98.5. The number of aromatic nitrogens is 2. The second-order valence-corrected chi connectivity index (χ2v) is 18.4. The molecule has 0 spiro atoms. The maximum Gasteiger partial charge on any atom is 0.0713 e. The normalized spacial score (nSPS) is 12.8. The van der Waals surface area contributed by atoms with E-state index in [1.165, 1.54) is 110 Å². The molecule has 2 heteroatoms. The Morgan fingerprint density at radius 3 is 1.30 bits per heavy atom. The van der Waals surface area contributed by atoms with Crippen molar-refractivity contribution >= 4 is 43.6 Å². The Morgan fingerprint density at radius 1 is 0.232 bits per heavy atom. The minimum absolute atomic E-state index is 0.438. The van der Waals surface area contributed by atoms with Gasteiger partial charge in [0.05, 0.1) is 27.5 Å². The van der Waals surface area contributed by atoms with Crippen molar-refractivity contribution in [2.24, 2.45) is 0 Å². The molecular weight excluding hydrogens is 833 g/mol. The Hall–Kier alpha value is -8.98. The molecule has 0 amide bonds. The third kappa shape index (κ3) is 5.99. The molecule has 14 rings (SSSR count). The Labute approximate surface area is 401 Å². The molecule has 2 aromatic heterocycles. The van der Waals surface area contributed by atoms with E-state index in [2.05, 4.69) is 276 Å². The smallest absolute Gasteiger partial charge is 0.0713 e. The van der Waals surface area contributed by atoms with Gasteiger partial charge in [0.15, 0.2) is 0 Å². The predicted molar refractivity (Wildman–Crippen MR) is 289 cm³/mol. The van der Waals surface area contributed by atoms with E-state index in [9.17, 15) is 0 Å². The van der Waals surface area contributed by atoms with E-state index in [0.717, 1.165) is 11.4 Å². The first-order valence-electron chi connectivity index (χ1n) is 23.9. The van der Waals surface area contributed by atoms with Gasteiger partial charge in [0, 0.05) is 32.9 Å². The van der Waals surface area contributed by atoms with Crippen LogP contribution in [0.1, 0.15) is 22.3 Å². The van der Waals surface area contributed by atoms with Gasteiger partial charge in [-0.25, -0.2) is 0 Å². The summed E-state index contributed by atoms with van der Waals surface area (Å²) in [4.78, 5) is 0. The van der Waals surface area contributed by atoms with Crippen LogP contribution in [-0.2, 0) is 5.41 Å². The first-order valence-corrected chi connectivity index (χ1v) is 23.9. The summed E-state index contributed by atoms with van der Waals surface area (Å²) in [7, 11) is 0. The summed E-state index contributed by atoms with van der Waals surface area (Å²) in [6.07, 6.45) is 0. The Kier molecular flexibility index (Phi) is 8.84. The molecular formula is C67H44N2. The molecule has 0 saturated heterocycles. The van der Waals surface area contributed by atoms with E-state index in [4.69, 9.17) is 0 Å². The second kappa shape index (κ2) is 15.6. The van der Waals surface area contributed by atoms with Gasteiger partial charge in [-0.15, -0.1) is 0 Å². The molecule has 69 heavy (non-hydrogen) atoms. The van der Waals surface area contributed by atoms with Gasteiger partial charge in [0.1, 0.15) is 0 Å². The molecule has 0 saturated carbocycles. The van der Waals surface area contributed by atoms with Gasteiger partial charge in [-0.1, -0.05) is 200 Å². The molecule has 13 aromatic rings. The summed E-state index contributed by atoms with van der Waals surface area (Å²) in [5, 5.41) is 4.97. The molecule has 0 bridgehead atoms. The lowest BCUT2D eigenvalue weighted by Crippen LogP contribution is -2.28. The van der Waals surface area contributed by atoms with Gasteiger partial charge in [-0.2, -0.15) is 0 Å². The number of hydrogen-bond acceptors (Lipinski definition) is 0. The summed E-state index contributed by atoms with van der Waals surface area (Å²) in [5.74, 6) is 0. The average Bonchev–Trinajstić information content (AvgIpc) is 4.05. The number of para-hydroxylation sites is 2. The van der Waals surface area contributed by atoms with Gasteiger partial charge in [-0.3, -0.25) is 0 Å². The lowest BCUT2D eigenvalue weighted by atomic mass is 9.67. The molecule has 0 N–H and O–H groups in total. The first-order chi connectivity index (χ1) is 34.2. The predicted octanol–water partition coefficient (Wildman–Crippen LogP) is 17.2. The fourth-order valence-corrected chi connectivity index (χ4v) is 11.7. The molecule has 0 radical (unpaired) electrons. The summed E-state index contributed by atoms with van der Waals surface area (Å²) >= 11 is 0. The lowest BCUT2D eigenvalue weighted by Gasteiger charge is -2.34. The second-order valence-electron chi connectivity index (χ2n) is 18.4. The van der Waals surface area contributed by atoms with Crippen molar-refractivity contribution in [3.63, 3.8) is 0 Å². The van der Waals surface area contributed by atoms with Gasteiger partial charge in [-0.05, 0) is 133 Å². The van der Waals surface area contributed by atoms with E-state index in [-0.39, 0.29) is 0 Å². The van der Waals surface area contributed by atoms with Gasteiger partial charge in [0.2, 0.25) is 0 Å². The van der Waals surface area contributed by atoms with E-state index in [1.807, 2.05) is 0 Å². The highest BCUT2D eigenvalue weighted by molar-refractivity contribution is 6.13. The Morgan fingerprint density at radius 2 is 0.667 bits per heavy atom. The SMILES string of the molecule is c1ccc(-c2cccc(-n3c4ccccc4c4cc(-c5ccc6c(c5)c5ccccc5n6-c5ccc(-c6ccc7c(c6)C(c6ccccc6)(c6ccccc6)c6ccccc6-7)cc5)ccc43)c2)cc1. The van der Waals surface area contributed by atoms with Gasteiger partial charge >= 0.3 is 0 Å². The molecule has 0 unspecified atom stereocenters. The van der Waals surface area contributed by atoms with Crippen LogP contribution in [0.5, 0.6) is 0 Å². The van der Waals surface area contributed by atoms with Crippen LogP contribution in [0.15, 0.2) is 267 Å². The van der Waals surface area contributed by atoms with Crippen LogP contribution in [0, 0.1) is 0 Å². The summed E-state index contributed by atoms with van der Waals surface area (Å²) < 4.78 is 4.84. The Bertz CT molecular complexity index is 4060. The van der Waals surface area contributed by atoms with Crippen LogP contribution in [0.4, 0.5) is 0 Å². The van der Waals surface area contributed by atoms with E-state index < -0.39 is 5.41 Å². The zero-order valence-corrected chi connectivity index (χ0v) is 37.8. The number of benzene rings is 11. The zero-order chi connectivity index (χ0) is 45.5. The van der Waals surface area contributed by atoms with Crippen LogP contribution >= 0.6 is 0 Å². The van der Waals surface area contributed by atoms with Gasteiger partial charge in [0.25, 0.3) is 0 Å². The quantitative estimate of drug-likeness (QED) is 0.151. The van der Waals surface area contributed by atoms with E-state index in [0.29, 0.717) is 0 Å². The molecule has 0 atom stereocenters. The first kappa shape index (κ1) is 39.2. The van der Waals surface area contributed by atoms with Crippen molar-refractivity contribution in [3.8, 4) is 55.9 Å². The summed E-state index contributed by atoms with van der Waals surface area (Å²) in [6.45, 7) is 0. The van der Waals surface area contributed by atoms with Crippen molar-refractivity contribution in [1.29, 1.82) is 0 Å². The zero-order valence-electron chi connectivity index (χ0n) is 37.8. The fourth-order valence-electron chi connectivity index (χ4n) is 11.7. The maximum absolute atomic E-state index is 2.45. The molecule has 2 heterocycles. The van der Waals surface area contributed by atoms with Crippen molar-refractivity contribution in [1.82, 2.24) is 9.13 Å². The number of rotatable bonds is 7. The number of hydrogen-bond donors (Lipinski definition) is 0. The van der Waals surface area contributed by atoms with Crippen molar-refractivity contribution < 1.29 is 0 Å². The van der Waals surface area contributed by atoms with Gasteiger partial charge < -0.3 is 9.13 Å². The molecule has 11 aromatic carbocycles. The van der Waals surface area contributed by atoms with Crippen molar-refractivity contribution in [2.75, 3.05) is 0 Å². The highest BCUT2D eigenvalue weighted by Crippen LogP contribution is 2.56. The van der Waals surface area contributed by atoms with Crippen molar-refractivity contribution in [2.45, 2.75) is 5.41 Å². The topological polar surface area (TPSA) is 9.86 Å². The lowest BCUT2D eigenvalue weighted by molar-refractivity contribution is 0.769. The van der Waals surface area contributed by atoms with Crippen LogP contribution in [-0.4, -0.2) is 9.13 Å². The maximum atomic E-state index is 2.45.